The molecule has 0 unspecified atom stereocenters. The molecule has 0 aromatic heterocycles. The lowest BCUT2D eigenvalue weighted by atomic mass is 10.1. The summed E-state index contributed by atoms with van der Waals surface area (Å²) in [6, 6.07) is 0. The van der Waals surface area contributed by atoms with Crippen LogP contribution in [0.25, 0.3) is 0 Å². The minimum absolute atomic E-state index is 0.479. The Morgan fingerprint density at radius 2 is 1.36 bits per heavy atom. The third-order valence-electron chi connectivity index (χ3n) is 1.80. The normalized spacial score (nSPS) is 43.8. The number of aliphatic hydroxyl groups is 2. The number of rotatable bonds is 2. The number of hydrogen-bond donors (Lipinski definition) is 2. The first-order chi connectivity index (χ1) is 5.20. The molecular weight excluding hydrogens is 144 g/mol. The molecular formula is C8H12O3. The number of aliphatic hydroxyl groups excluding tert-OH is 2. The average Bonchev–Trinajstić information content (AvgIpc) is 2.30. The van der Waals surface area contributed by atoms with Crippen molar-refractivity contribution in [3.63, 3.8) is 0 Å². The lowest BCUT2D eigenvalue weighted by Crippen LogP contribution is -2.30. The van der Waals surface area contributed by atoms with Crippen LogP contribution in [0, 0.1) is 0 Å². The van der Waals surface area contributed by atoms with Crippen molar-refractivity contribution in [1.82, 2.24) is 0 Å². The van der Waals surface area contributed by atoms with E-state index in [-0.39, 0.29) is 0 Å². The third-order valence-corrected chi connectivity index (χ3v) is 1.80. The molecule has 1 fully saturated rings. The molecule has 0 spiro atoms. The Morgan fingerprint density at radius 3 is 1.55 bits per heavy atom. The van der Waals surface area contributed by atoms with Crippen molar-refractivity contribution >= 4 is 0 Å². The largest absolute Gasteiger partial charge is 0.387 e. The lowest BCUT2D eigenvalue weighted by molar-refractivity contribution is 0.0395. The second-order valence-electron chi connectivity index (χ2n) is 2.52. The molecule has 1 heterocycles. The summed E-state index contributed by atoms with van der Waals surface area (Å²) >= 11 is 0. The van der Waals surface area contributed by atoms with Crippen LogP contribution in [-0.2, 0) is 4.74 Å². The van der Waals surface area contributed by atoms with Gasteiger partial charge in [0.2, 0.25) is 0 Å². The molecule has 1 aliphatic rings. The molecule has 1 aliphatic heterocycles. The molecule has 3 heteroatoms. The highest BCUT2D eigenvalue weighted by molar-refractivity contribution is 5.03. The average molecular weight is 156 g/mol. The van der Waals surface area contributed by atoms with E-state index in [0.29, 0.717) is 0 Å². The Kier molecular flexibility index (Phi) is 2.44. The Balaban J connectivity index is 2.67. The minimum Gasteiger partial charge on any atom is -0.387 e. The molecule has 3 nitrogen and oxygen atoms in total. The molecule has 62 valence electrons. The van der Waals surface area contributed by atoms with Gasteiger partial charge in [-0.15, -0.1) is 13.2 Å². The van der Waals surface area contributed by atoms with Crippen LogP contribution in [0.15, 0.2) is 25.3 Å². The molecule has 0 bridgehead atoms. The zero-order chi connectivity index (χ0) is 8.43. The van der Waals surface area contributed by atoms with Crippen LogP contribution in [-0.4, -0.2) is 34.6 Å². The number of ether oxygens (including phenoxy) is 1. The molecule has 1 saturated heterocycles. The van der Waals surface area contributed by atoms with E-state index in [1.807, 2.05) is 0 Å². The van der Waals surface area contributed by atoms with Crippen LogP contribution < -0.4 is 0 Å². The van der Waals surface area contributed by atoms with Crippen molar-refractivity contribution in [1.29, 1.82) is 0 Å². The van der Waals surface area contributed by atoms with Crippen molar-refractivity contribution in [3.05, 3.63) is 25.3 Å². The monoisotopic (exact) mass is 156 g/mol. The maximum atomic E-state index is 9.26. The van der Waals surface area contributed by atoms with E-state index < -0.39 is 24.4 Å². The summed E-state index contributed by atoms with van der Waals surface area (Å²) in [6.07, 6.45) is 0.224. The van der Waals surface area contributed by atoms with E-state index >= 15 is 0 Å². The van der Waals surface area contributed by atoms with Gasteiger partial charge in [-0.05, 0) is 0 Å². The Morgan fingerprint density at radius 1 is 1.00 bits per heavy atom. The van der Waals surface area contributed by atoms with Gasteiger partial charge in [0.05, 0.1) is 0 Å². The van der Waals surface area contributed by atoms with Gasteiger partial charge < -0.3 is 14.9 Å². The van der Waals surface area contributed by atoms with E-state index in [1.54, 1.807) is 0 Å². The summed E-state index contributed by atoms with van der Waals surface area (Å²) in [7, 11) is 0. The topological polar surface area (TPSA) is 49.7 Å². The van der Waals surface area contributed by atoms with E-state index in [2.05, 4.69) is 13.2 Å². The summed E-state index contributed by atoms with van der Waals surface area (Å²) < 4.78 is 5.15. The second-order valence-corrected chi connectivity index (χ2v) is 2.52. The van der Waals surface area contributed by atoms with E-state index in [1.165, 1.54) is 12.2 Å². The third kappa shape index (κ3) is 1.35. The SMILES string of the molecule is C=C[C@@H]1O[C@H](C=C)[C@H](O)[C@@H]1O. The predicted molar refractivity (Wildman–Crippen MR) is 41.1 cm³/mol. The standard InChI is InChI=1S/C8H12O3/c1-3-5-7(9)8(10)6(4-2)11-5/h3-10H,1-2H2/t5-,6+,7+,8-. The Hall–Kier alpha value is -0.640. The highest BCUT2D eigenvalue weighted by Gasteiger charge is 2.39. The van der Waals surface area contributed by atoms with Crippen molar-refractivity contribution in [2.75, 3.05) is 0 Å². The molecule has 0 radical (unpaired) electrons. The fourth-order valence-electron chi connectivity index (χ4n) is 1.12. The van der Waals surface area contributed by atoms with E-state index in [9.17, 15) is 10.2 Å². The van der Waals surface area contributed by atoms with Gasteiger partial charge in [-0.1, -0.05) is 12.2 Å². The van der Waals surface area contributed by atoms with E-state index in [0.717, 1.165) is 0 Å². The molecule has 0 amide bonds. The van der Waals surface area contributed by atoms with Crippen molar-refractivity contribution < 1.29 is 14.9 Å². The van der Waals surface area contributed by atoms with Crippen molar-refractivity contribution in [2.45, 2.75) is 24.4 Å². The molecule has 11 heavy (non-hydrogen) atoms. The molecule has 2 N–H and O–H groups in total. The smallest absolute Gasteiger partial charge is 0.112 e. The van der Waals surface area contributed by atoms with Crippen LogP contribution in [0.1, 0.15) is 0 Å². The second kappa shape index (κ2) is 3.17. The maximum Gasteiger partial charge on any atom is 0.112 e. The van der Waals surface area contributed by atoms with Crippen molar-refractivity contribution in [2.24, 2.45) is 0 Å². The summed E-state index contributed by atoms with van der Waals surface area (Å²) in [5.74, 6) is 0. The Labute approximate surface area is 65.6 Å². The highest BCUT2D eigenvalue weighted by Crippen LogP contribution is 2.22. The maximum absolute atomic E-state index is 9.26. The fourth-order valence-corrected chi connectivity index (χ4v) is 1.12. The van der Waals surface area contributed by atoms with Gasteiger partial charge in [-0.3, -0.25) is 0 Å². The van der Waals surface area contributed by atoms with Gasteiger partial charge in [0, 0.05) is 0 Å². The van der Waals surface area contributed by atoms with Gasteiger partial charge in [0.1, 0.15) is 24.4 Å². The van der Waals surface area contributed by atoms with Gasteiger partial charge >= 0.3 is 0 Å². The molecule has 0 aromatic carbocycles. The fraction of sp³-hybridized carbons (Fsp3) is 0.500. The van der Waals surface area contributed by atoms with Crippen LogP contribution in [0.2, 0.25) is 0 Å². The quantitative estimate of drug-likeness (QED) is 0.546. The molecule has 0 aliphatic carbocycles. The molecule has 1 rings (SSSR count). The highest BCUT2D eigenvalue weighted by atomic mass is 16.5. The van der Waals surface area contributed by atoms with Crippen molar-refractivity contribution in [3.8, 4) is 0 Å². The van der Waals surface area contributed by atoms with Gasteiger partial charge in [-0.25, -0.2) is 0 Å². The minimum atomic E-state index is -0.879. The molecule has 4 atom stereocenters. The van der Waals surface area contributed by atoms with Crippen LogP contribution >= 0.6 is 0 Å². The summed E-state index contributed by atoms with van der Waals surface area (Å²) in [5.41, 5.74) is 0. The zero-order valence-corrected chi connectivity index (χ0v) is 6.18. The van der Waals surface area contributed by atoms with Crippen LogP contribution in [0.5, 0.6) is 0 Å². The van der Waals surface area contributed by atoms with Gasteiger partial charge in [-0.2, -0.15) is 0 Å². The molecule has 0 saturated carbocycles. The predicted octanol–water partition coefficient (Wildman–Crippen LogP) is -0.152. The van der Waals surface area contributed by atoms with Crippen LogP contribution in [0.4, 0.5) is 0 Å². The van der Waals surface area contributed by atoms with Crippen LogP contribution in [0.3, 0.4) is 0 Å². The number of hydrogen-bond acceptors (Lipinski definition) is 3. The summed E-state index contributed by atoms with van der Waals surface area (Å²) in [4.78, 5) is 0. The zero-order valence-electron chi connectivity index (χ0n) is 6.18. The Bertz CT molecular complexity index is 149. The molecule has 0 aromatic rings. The first-order valence-electron chi connectivity index (χ1n) is 3.47. The van der Waals surface area contributed by atoms with Gasteiger partial charge in [0.25, 0.3) is 0 Å². The first-order valence-corrected chi connectivity index (χ1v) is 3.47. The van der Waals surface area contributed by atoms with E-state index in [4.69, 9.17) is 4.74 Å². The summed E-state index contributed by atoms with van der Waals surface area (Å²) in [5, 5.41) is 18.5. The lowest BCUT2D eigenvalue weighted by Gasteiger charge is -2.09. The summed E-state index contributed by atoms with van der Waals surface area (Å²) in [6.45, 7) is 6.93. The first kappa shape index (κ1) is 8.46. The van der Waals surface area contributed by atoms with Gasteiger partial charge in [0.15, 0.2) is 0 Å².